The molecule has 0 aromatic heterocycles. The fourth-order valence-electron chi connectivity index (χ4n) is 3.33. The number of rotatable bonds is 1. The molecule has 2 aliphatic heterocycles. The summed E-state index contributed by atoms with van der Waals surface area (Å²) in [5.41, 5.74) is -0.484. The van der Waals surface area contributed by atoms with E-state index in [1.807, 2.05) is 27.7 Å². The first-order valence-electron chi connectivity index (χ1n) is 7.65. The molecule has 0 aromatic rings. The maximum atomic E-state index is 12.1. The Bertz CT molecular complexity index is 418. The number of hydrogen-bond acceptors (Lipinski definition) is 4. The van der Waals surface area contributed by atoms with Crippen LogP contribution in [0.25, 0.3) is 0 Å². The van der Waals surface area contributed by atoms with Crippen LogP contribution in [-0.4, -0.2) is 64.3 Å². The molecule has 0 bridgehead atoms. The molecule has 3 atom stereocenters. The highest BCUT2D eigenvalue weighted by atomic mass is 16.6. The van der Waals surface area contributed by atoms with Gasteiger partial charge in [-0.2, -0.15) is 0 Å². The normalized spacial score (nSPS) is 30.7. The van der Waals surface area contributed by atoms with Crippen LogP contribution < -0.4 is 0 Å². The molecule has 6 heteroatoms. The SMILES string of the molecule is CC1C(C(=O)O)CCC2CN(C(=O)OC(C)(C)C)CCN21. The number of piperazine rings is 1. The first-order valence-corrected chi connectivity index (χ1v) is 7.65. The summed E-state index contributed by atoms with van der Waals surface area (Å²) >= 11 is 0. The lowest BCUT2D eigenvalue weighted by atomic mass is 9.85. The van der Waals surface area contributed by atoms with Crippen LogP contribution in [0.4, 0.5) is 4.79 Å². The molecule has 6 nitrogen and oxygen atoms in total. The summed E-state index contributed by atoms with van der Waals surface area (Å²) in [6.45, 7) is 9.51. The molecule has 0 saturated carbocycles. The zero-order chi connectivity index (χ0) is 15.8. The van der Waals surface area contributed by atoms with E-state index < -0.39 is 11.6 Å². The number of aliphatic carboxylic acids is 1. The van der Waals surface area contributed by atoms with Crippen LogP contribution in [0.15, 0.2) is 0 Å². The van der Waals surface area contributed by atoms with E-state index in [2.05, 4.69) is 4.90 Å². The lowest BCUT2D eigenvalue weighted by molar-refractivity contribution is -0.147. The van der Waals surface area contributed by atoms with Gasteiger partial charge in [0.15, 0.2) is 0 Å². The first kappa shape index (κ1) is 16.1. The molecule has 2 heterocycles. The van der Waals surface area contributed by atoms with Crippen molar-refractivity contribution in [2.24, 2.45) is 5.92 Å². The van der Waals surface area contributed by atoms with Crippen molar-refractivity contribution in [2.45, 2.75) is 58.2 Å². The maximum Gasteiger partial charge on any atom is 0.410 e. The lowest BCUT2D eigenvalue weighted by Gasteiger charge is -2.49. The van der Waals surface area contributed by atoms with E-state index >= 15 is 0 Å². The molecule has 120 valence electrons. The molecule has 21 heavy (non-hydrogen) atoms. The number of carbonyl (C=O) groups is 2. The van der Waals surface area contributed by atoms with Crippen molar-refractivity contribution in [3.63, 3.8) is 0 Å². The Kier molecular flexibility index (Phi) is 4.46. The van der Waals surface area contributed by atoms with Gasteiger partial charge in [0.2, 0.25) is 0 Å². The van der Waals surface area contributed by atoms with Crippen LogP contribution in [0, 0.1) is 5.92 Å². The standard InChI is InChI=1S/C15H26N2O4/c1-10-12(13(18)19)6-5-11-9-16(7-8-17(10)11)14(20)21-15(2,3)4/h10-12H,5-9H2,1-4H3,(H,18,19). The lowest BCUT2D eigenvalue weighted by Crippen LogP contribution is -2.61. The summed E-state index contributed by atoms with van der Waals surface area (Å²) in [7, 11) is 0. The zero-order valence-corrected chi connectivity index (χ0v) is 13.3. The number of ether oxygens (including phenoxy) is 1. The van der Waals surface area contributed by atoms with Crippen molar-refractivity contribution in [3.8, 4) is 0 Å². The van der Waals surface area contributed by atoms with Gasteiger partial charge >= 0.3 is 12.1 Å². The molecule has 0 aromatic carbocycles. The Morgan fingerprint density at radius 1 is 1.19 bits per heavy atom. The second kappa shape index (κ2) is 5.83. The summed E-state index contributed by atoms with van der Waals surface area (Å²) in [6, 6.07) is 0.277. The summed E-state index contributed by atoms with van der Waals surface area (Å²) in [5.74, 6) is -1.01. The molecular weight excluding hydrogens is 272 g/mol. The quantitative estimate of drug-likeness (QED) is 0.799. The highest BCUT2D eigenvalue weighted by Crippen LogP contribution is 2.31. The van der Waals surface area contributed by atoms with Crippen molar-refractivity contribution >= 4 is 12.1 Å². The number of carboxylic acid groups (broad SMARTS) is 1. The van der Waals surface area contributed by atoms with Gasteiger partial charge in [-0.15, -0.1) is 0 Å². The van der Waals surface area contributed by atoms with Crippen LogP contribution in [0.3, 0.4) is 0 Å². The van der Waals surface area contributed by atoms with Crippen molar-refractivity contribution in [2.75, 3.05) is 19.6 Å². The molecule has 3 unspecified atom stereocenters. The molecule has 2 aliphatic rings. The topological polar surface area (TPSA) is 70.1 Å². The molecule has 2 fully saturated rings. The maximum absolute atomic E-state index is 12.1. The monoisotopic (exact) mass is 298 g/mol. The summed E-state index contributed by atoms with van der Waals surface area (Å²) in [4.78, 5) is 27.4. The van der Waals surface area contributed by atoms with E-state index in [9.17, 15) is 14.7 Å². The first-order chi connectivity index (χ1) is 9.69. The Morgan fingerprint density at radius 2 is 1.86 bits per heavy atom. The van der Waals surface area contributed by atoms with Crippen LogP contribution in [0.5, 0.6) is 0 Å². The van der Waals surface area contributed by atoms with E-state index in [0.29, 0.717) is 19.5 Å². The summed E-state index contributed by atoms with van der Waals surface area (Å²) in [6.07, 6.45) is 1.23. The van der Waals surface area contributed by atoms with Gasteiger partial charge < -0.3 is 14.7 Å². The molecule has 1 N–H and O–H groups in total. The second-order valence-corrected chi connectivity index (χ2v) is 7.08. The highest BCUT2D eigenvalue weighted by molar-refractivity contribution is 5.71. The fourth-order valence-corrected chi connectivity index (χ4v) is 3.33. The Morgan fingerprint density at radius 3 is 2.43 bits per heavy atom. The Balaban J connectivity index is 1.97. The van der Waals surface area contributed by atoms with Crippen molar-refractivity contribution in [1.29, 1.82) is 0 Å². The van der Waals surface area contributed by atoms with E-state index in [1.54, 1.807) is 4.90 Å². The average Bonchev–Trinajstić information content (AvgIpc) is 2.36. The smallest absolute Gasteiger partial charge is 0.410 e. The van der Waals surface area contributed by atoms with Crippen molar-refractivity contribution < 1.29 is 19.4 Å². The van der Waals surface area contributed by atoms with Crippen LogP contribution in [0.2, 0.25) is 0 Å². The van der Waals surface area contributed by atoms with Gasteiger partial charge in [0.05, 0.1) is 5.92 Å². The molecule has 0 spiro atoms. The van der Waals surface area contributed by atoms with E-state index in [-0.39, 0.29) is 24.1 Å². The molecular formula is C15H26N2O4. The highest BCUT2D eigenvalue weighted by Gasteiger charge is 2.41. The molecule has 2 saturated heterocycles. The number of piperidine rings is 1. The Labute approximate surface area is 126 Å². The molecule has 2 rings (SSSR count). The molecule has 1 amide bonds. The number of carbonyl (C=O) groups excluding carboxylic acids is 1. The van der Waals surface area contributed by atoms with E-state index in [1.165, 1.54) is 0 Å². The third kappa shape index (κ3) is 3.67. The Hall–Kier alpha value is -1.30. The minimum absolute atomic E-state index is 0.0297. The molecule has 0 radical (unpaired) electrons. The van der Waals surface area contributed by atoms with Crippen LogP contribution >= 0.6 is 0 Å². The number of nitrogens with zero attached hydrogens (tertiary/aromatic N) is 2. The third-order valence-corrected chi connectivity index (χ3v) is 4.41. The minimum Gasteiger partial charge on any atom is -0.481 e. The number of fused-ring (bicyclic) bond motifs is 1. The number of hydrogen-bond donors (Lipinski definition) is 1. The third-order valence-electron chi connectivity index (χ3n) is 4.41. The number of carboxylic acids is 1. The van der Waals surface area contributed by atoms with Gasteiger partial charge in [-0.3, -0.25) is 9.69 Å². The van der Waals surface area contributed by atoms with Crippen molar-refractivity contribution in [3.05, 3.63) is 0 Å². The predicted molar refractivity (Wildman–Crippen MR) is 78.1 cm³/mol. The van der Waals surface area contributed by atoms with Gasteiger partial charge in [0.1, 0.15) is 5.60 Å². The second-order valence-electron chi connectivity index (χ2n) is 7.08. The van der Waals surface area contributed by atoms with Gasteiger partial charge in [0.25, 0.3) is 0 Å². The van der Waals surface area contributed by atoms with Gasteiger partial charge in [-0.25, -0.2) is 4.79 Å². The van der Waals surface area contributed by atoms with Gasteiger partial charge in [-0.05, 0) is 40.5 Å². The molecule has 0 aliphatic carbocycles. The predicted octanol–water partition coefficient (Wildman–Crippen LogP) is 1.79. The average molecular weight is 298 g/mol. The summed E-state index contributed by atoms with van der Waals surface area (Å²) < 4.78 is 5.42. The summed E-state index contributed by atoms with van der Waals surface area (Å²) in [5, 5.41) is 9.26. The van der Waals surface area contributed by atoms with E-state index in [4.69, 9.17) is 4.74 Å². The largest absolute Gasteiger partial charge is 0.481 e. The van der Waals surface area contributed by atoms with E-state index in [0.717, 1.165) is 13.0 Å². The van der Waals surface area contributed by atoms with Crippen molar-refractivity contribution in [1.82, 2.24) is 9.80 Å². The van der Waals surface area contributed by atoms with Crippen LogP contribution in [0.1, 0.15) is 40.5 Å². The van der Waals surface area contributed by atoms with Gasteiger partial charge in [0, 0.05) is 31.7 Å². The minimum atomic E-state index is -0.712. The number of amides is 1. The fraction of sp³-hybridized carbons (Fsp3) is 0.867. The van der Waals surface area contributed by atoms with Gasteiger partial charge in [-0.1, -0.05) is 0 Å². The zero-order valence-electron chi connectivity index (χ0n) is 13.3. The van der Waals surface area contributed by atoms with Crippen LogP contribution in [-0.2, 0) is 9.53 Å².